The number of carbonyl (C=O) groups is 1. The Morgan fingerprint density at radius 2 is 1.29 bits per heavy atom. The average molecular weight is 405 g/mol. The number of fused-ring (bicyclic) bond motifs is 1. The molecule has 0 saturated heterocycles. The number of ether oxygens (including phenoxy) is 1. The van der Waals surface area contributed by atoms with E-state index in [1.54, 1.807) is 0 Å². The van der Waals surface area contributed by atoms with Crippen molar-refractivity contribution in [1.82, 2.24) is 0 Å². The van der Waals surface area contributed by atoms with Gasteiger partial charge in [-0.05, 0) is 46.4 Å². The molecular formula is C29H24O2. The largest absolute Gasteiger partial charge is 0.427 e. The third kappa shape index (κ3) is 3.34. The summed E-state index contributed by atoms with van der Waals surface area (Å²) in [7, 11) is 0. The highest BCUT2D eigenvalue weighted by atomic mass is 16.5. The van der Waals surface area contributed by atoms with Gasteiger partial charge in [0.2, 0.25) is 0 Å². The third-order valence-electron chi connectivity index (χ3n) is 6.38. The summed E-state index contributed by atoms with van der Waals surface area (Å²) in [5.41, 5.74) is 6.37. The van der Waals surface area contributed by atoms with Crippen LogP contribution < -0.4 is 4.74 Å². The van der Waals surface area contributed by atoms with Gasteiger partial charge in [0.15, 0.2) is 0 Å². The monoisotopic (exact) mass is 404 g/mol. The molecule has 4 aromatic rings. The number of esters is 1. The first-order valence-corrected chi connectivity index (χ1v) is 10.7. The van der Waals surface area contributed by atoms with Crippen LogP contribution in [0.3, 0.4) is 0 Å². The summed E-state index contributed by atoms with van der Waals surface area (Å²) in [5.74, 6) is 0.536. The predicted octanol–water partition coefficient (Wildman–Crippen LogP) is 6.48. The quantitative estimate of drug-likeness (QED) is 0.287. The van der Waals surface area contributed by atoms with Crippen LogP contribution in [0.2, 0.25) is 0 Å². The van der Waals surface area contributed by atoms with Crippen LogP contribution in [0.1, 0.15) is 47.1 Å². The zero-order chi connectivity index (χ0) is 21.3. The molecule has 0 radical (unpaired) electrons. The Morgan fingerprint density at radius 3 is 1.87 bits per heavy atom. The molecule has 0 fully saturated rings. The second kappa shape index (κ2) is 7.88. The van der Waals surface area contributed by atoms with E-state index in [1.807, 2.05) is 12.1 Å². The molecular weight excluding hydrogens is 380 g/mol. The maximum absolute atomic E-state index is 11.3. The SMILES string of the molecule is CC(=O)Oc1ccc(C2CC(c3ccccc3)(c3ccccc3)c3ccccc32)cc1. The van der Waals surface area contributed by atoms with Crippen molar-refractivity contribution in [3.8, 4) is 5.75 Å². The van der Waals surface area contributed by atoms with Crippen LogP contribution >= 0.6 is 0 Å². The Bertz CT molecular complexity index is 1150. The van der Waals surface area contributed by atoms with Crippen molar-refractivity contribution in [3.05, 3.63) is 137 Å². The van der Waals surface area contributed by atoms with Crippen molar-refractivity contribution in [2.45, 2.75) is 24.7 Å². The molecule has 2 nitrogen and oxygen atoms in total. The lowest BCUT2D eigenvalue weighted by Gasteiger charge is -2.32. The second-order valence-electron chi connectivity index (χ2n) is 8.14. The first-order chi connectivity index (χ1) is 15.2. The summed E-state index contributed by atoms with van der Waals surface area (Å²) in [5, 5.41) is 0. The van der Waals surface area contributed by atoms with E-state index >= 15 is 0 Å². The summed E-state index contributed by atoms with van der Waals surface area (Å²) >= 11 is 0. The maximum atomic E-state index is 11.3. The van der Waals surface area contributed by atoms with E-state index < -0.39 is 0 Å². The molecule has 0 saturated carbocycles. The fraction of sp³-hybridized carbons (Fsp3) is 0.138. The van der Waals surface area contributed by atoms with Gasteiger partial charge in [-0.1, -0.05) is 97.1 Å². The third-order valence-corrected chi connectivity index (χ3v) is 6.38. The molecule has 0 bridgehead atoms. The van der Waals surface area contributed by atoms with Gasteiger partial charge in [-0.2, -0.15) is 0 Å². The van der Waals surface area contributed by atoms with Gasteiger partial charge in [-0.15, -0.1) is 0 Å². The number of rotatable bonds is 4. The van der Waals surface area contributed by atoms with E-state index in [0.717, 1.165) is 6.42 Å². The van der Waals surface area contributed by atoms with Crippen LogP contribution in [-0.2, 0) is 10.2 Å². The zero-order valence-corrected chi connectivity index (χ0v) is 17.5. The first-order valence-electron chi connectivity index (χ1n) is 10.7. The molecule has 0 aromatic heterocycles. The molecule has 0 spiro atoms. The minimum absolute atomic E-state index is 0.210. The highest BCUT2D eigenvalue weighted by Gasteiger charge is 2.46. The molecule has 0 amide bonds. The summed E-state index contributed by atoms with van der Waals surface area (Å²) in [6, 6.07) is 38.4. The topological polar surface area (TPSA) is 26.3 Å². The molecule has 5 rings (SSSR count). The van der Waals surface area contributed by atoms with Crippen molar-refractivity contribution in [1.29, 1.82) is 0 Å². The molecule has 2 heteroatoms. The molecule has 152 valence electrons. The molecule has 1 aliphatic rings. The lowest BCUT2D eigenvalue weighted by molar-refractivity contribution is -0.131. The average Bonchev–Trinajstić information content (AvgIpc) is 3.17. The minimum Gasteiger partial charge on any atom is -0.427 e. The lowest BCUT2D eigenvalue weighted by Crippen LogP contribution is -2.26. The summed E-state index contributed by atoms with van der Waals surface area (Å²) in [6.45, 7) is 1.43. The van der Waals surface area contributed by atoms with Crippen LogP contribution in [0, 0.1) is 0 Å². The smallest absolute Gasteiger partial charge is 0.308 e. The van der Waals surface area contributed by atoms with Gasteiger partial charge in [-0.25, -0.2) is 0 Å². The van der Waals surface area contributed by atoms with Crippen molar-refractivity contribution < 1.29 is 9.53 Å². The van der Waals surface area contributed by atoms with Crippen LogP contribution in [0.4, 0.5) is 0 Å². The Labute approximate surface area is 183 Å². The fourth-order valence-electron chi connectivity index (χ4n) is 5.11. The number of hydrogen-bond donors (Lipinski definition) is 0. The highest BCUT2D eigenvalue weighted by Crippen LogP contribution is 2.55. The van der Waals surface area contributed by atoms with E-state index in [2.05, 4.69) is 97.1 Å². The van der Waals surface area contributed by atoms with Crippen molar-refractivity contribution >= 4 is 5.97 Å². The molecule has 1 aliphatic carbocycles. The molecule has 1 atom stereocenters. The zero-order valence-electron chi connectivity index (χ0n) is 17.5. The summed E-state index contributed by atoms with van der Waals surface area (Å²) in [6.07, 6.45) is 0.952. The van der Waals surface area contributed by atoms with E-state index in [1.165, 1.54) is 34.7 Å². The number of hydrogen-bond acceptors (Lipinski definition) is 2. The second-order valence-corrected chi connectivity index (χ2v) is 8.14. The Balaban J connectivity index is 1.67. The van der Waals surface area contributed by atoms with Gasteiger partial charge in [-0.3, -0.25) is 4.79 Å². The van der Waals surface area contributed by atoms with E-state index in [-0.39, 0.29) is 17.3 Å². The minimum atomic E-state index is -0.300. The number of benzene rings is 4. The summed E-state index contributed by atoms with van der Waals surface area (Å²) in [4.78, 5) is 11.3. The Kier molecular flexibility index (Phi) is 4.91. The number of carbonyl (C=O) groups excluding carboxylic acids is 1. The molecule has 31 heavy (non-hydrogen) atoms. The van der Waals surface area contributed by atoms with Gasteiger partial charge >= 0.3 is 5.97 Å². The molecule has 0 N–H and O–H groups in total. The van der Waals surface area contributed by atoms with Crippen molar-refractivity contribution in [2.75, 3.05) is 0 Å². The first kappa shape index (κ1) is 19.3. The standard InChI is InChI=1S/C29H24O2/c1-21(30)31-25-18-16-22(17-19-25)27-20-29(23-10-4-2-5-11-23,24-12-6-3-7-13-24)28-15-9-8-14-26(27)28/h2-19,27H,20H2,1H3. The lowest BCUT2D eigenvalue weighted by atomic mass is 9.69. The van der Waals surface area contributed by atoms with Crippen LogP contribution in [0.15, 0.2) is 109 Å². The maximum Gasteiger partial charge on any atom is 0.308 e. The van der Waals surface area contributed by atoms with Gasteiger partial charge in [0.1, 0.15) is 5.75 Å². The Morgan fingerprint density at radius 1 is 0.742 bits per heavy atom. The molecule has 0 aliphatic heterocycles. The van der Waals surface area contributed by atoms with Crippen molar-refractivity contribution in [3.63, 3.8) is 0 Å². The van der Waals surface area contributed by atoms with Gasteiger partial charge in [0.05, 0.1) is 0 Å². The van der Waals surface area contributed by atoms with E-state index in [0.29, 0.717) is 5.75 Å². The van der Waals surface area contributed by atoms with Crippen LogP contribution in [-0.4, -0.2) is 5.97 Å². The van der Waals surface area contributed by atoms with Crippen molar-refractivity contribution in [2.24, 2.45) is 0 Å². The van der Waals surface area contributed by atoms with Gasteiger partial charge < -0.3 is 4.74 Å². The predicted molar refractivity (Wildman–Crippen MR) is 123 cm³/mol. The van der Waals surface area contributed by atoms with E-state index in [4.69, 9.17) is 4.74 Å². The molecule has 1 unspecified atom stereocenters. The van der Waals surface area contributed by atoms with E-state index in [9.17, 15) is 4.79 Å². The van der Waals surface area contributed by atoms with Gasteiger partial charge in [0, 0.05) is 18.3 Å². The fourth-order valence-corrected chi connectivity index (χ4v) is 5.11. The summed E-state index contributed by atoms with van der Waals surface area (Å²) < 4.78 is 5.24. The molecule has 4 aromatic carbocycles. The van der Waals surface area contributed by atoms with Gasteiger partial charge in [0.25, 0.3) is 0 Å². The highest BCUT2D eigenvalue weighted by molar-refractivity contribution is 5.69. The van der Waals surface area contributed by atoms with Crippen LogP contribution in [0.25, 0.3) is 0 Å². The van der Waals surface area contributed by atoms with Crippen LogP contribution in [0.5, 0.6) is 5.75 Å². The molecule has 0 heterocycles. The normalized spacial score (nSPS) is 16.5. The Hall–Kier alpha value is -3.65.